The van der Waals surface area contributed by atoms with Crippen molar-refractivity contribution in [2.75, 3.05) is 32.8 Å². The molecule has 2 heterocycles. The monoisotopic (exact) mass is 325 g/mol. The summed E-state index contributed by atoms with van der Waals surface area (Å²) in [4.78, 5) is 2.39. The fraction of sp³-hybridized carbons (Fsp3) is 0.647. The first kappa shape index (κ1) is 16.2. The minimum absolute atomic E-state index is 0.0211. The molecule has 3 rings (SSSR count). The molecule has 0 unspecified atom stereocenters. The van der Waals surface area contributed by atoms with E-state index in [1.165, 1.54) is 0 Å². The van der Waals surface area contributed by atoms with Crippen molar-refractivity contribution in [3.05, 3.63) is 34.9 Å². The summed E-state index contributed by atoms with van der Waals surface area (Å²) in [6.45, 7) is 5.87. The molecule has 0 radical (unpaired) electrons. The first-order valence-electron chi connectivity index (χ1n) is 7.94. The summed E-state index contributed by atoms with van der Waals surface area (Å²) in [5.74, 6) is 0. The normalized spacial score (nSPS) is 33.2. The minimum Gasteiger partial charge on any atom is -0.396 e. The van der Waals surface area contributed by atoms with E-state index in [9.17, 15) is 5.11 Å². The van der Waals surface area contributed by atoms with Crippen LogP contribution in [-0.4, -0.2) is 49.0 Å². The number of rotatable bonds is 4. The Balaban J connectivity index is 1.53. The molecule has 1 aromatic carbocycles. The van der Waals surface area contributed by atoms with Gasteiger partial charge in [-0.05, 0) is 31.5 Å². The summed E-state index contributed by atoms with van der Waals surface area (Å²) in [6.07, 6.45) is 2.01. The summed E-state index contributed by atoms with van der Waals surface area (Å²) in [6, 6.07) is 7.60. The molecule has 3 atom stereocenters. The molecule has 1 N–H and O–H groups in total. The number of halogens is 1. The zero-order valence-electron chi connectivity index (χ0n) is 13.0. The largest absolute Gasteiger partial charge is 0.396 e. The van der Waals surface area contributed by atoms with Gasteiger partial charge in [-0.1, -0.05) is 30.7 Å². The number of hydrogen-bond donors (Lipinski definition) is 1. The van der Waals surface area contributed by atoms with Crippen LogP contribution in [0.2, 0.25) is 5.02 Å². The average Bonchev–Trinajstić information content (AvgIpc) is 2.96. The SMILES string of the molecule is C[C@]1(CO)CCCN(C[C@@H]2CO[C@H](c3ccc(Cl)cc3)O2)C1. The smallest absolute Gasteiger partial charge is 0.184 e. The van der Waals surface area contributed by atoms with Gasteiger partial charge in [0.05, 0.1) is 12.7 Å². The van der Waals surface area contributed by atoms with Gasteiger partial charge in [0.1, 0.15) is 0 Å². The van der Waals surface area contributed by atoms with Gasteiger partial charge in [0, 0.05) is 35.7 Å². The van der Waals surface area contributed by atoms with Crippen molar-refractivity contribution in [3.63, 3.8) is 0 Å². The molecule has 0 aromatic heterocycles. The number of nitrogens with zero attached hydrogens (tertiary/aromatic N) is 1. The van der Waals surface area contributed by atoms with Crippen molar-refractivity contribution >= 4 is 11.6 Å². The first-order valence-corrected chi connectivity index (χ1v) is 8.31. The van der Waals surface area contributed by atoms with Gasteiger partial charge in [-0.3, -0.25) is 0 Å². The van der Waals surface area contributed by atoms with Crippen LogP contribution in [0.25, 0.3) is 0 Å². The molecule has 1 aromatic rings. The van der Waals surface area contributed by atoms with Gasteiger partial charge < -0.3 is 19.5 Å². The minimum atomic E-state index is -0.295. The van der Waals surface area contributed by atoms with Crippen molar-refractivity contribution < 1.29 is 14.6 Å². The quantitative estimate of drug-likeness (QED) is 0.924. The Morgan fingerprint density at radius 2 is 2.14 bits per heavy atom. The van der Waals surface area contributed by atoms with E-state index in [-0.39, 0.29) is 24.4 Å². The third kappa shape index (κ3) is 3.81. The third-order valence-electron chi connectivity index (χ3n) is 4.60. The van der Waals surface area contributed by atoms with Crippen LogP contribution in [0.5, 0.6) is 0 Å². The van der Waals surface area contributed by atoms with Gasteiger partial charge >= 0.3 is 0 Å². The van der Waals surface area contributed by atoms with Gasteiger partial charge in [0.25, 0.3) is 0 Å². The molecule has 5 heteroatoms. The summed E-state index contributed by atoms with van der Waals surface area (Å²) in [7, 11) is 0. The highest BCUT2D eigenvalue weighted by Crippen LogP contribution is 2.31. The van der Waals surface area contributed by atoms with Crippen LogP contribution < -0.4 is 0 Å². The van der Waals surface area contributed by atoms with Crippen molar-refractivity contribution in [1.82, 2.24) is 4.90 Å². The molecule has 0 amide bonds. The molecule has 2 saturated heterocycles. The topological polar surface area (TPSA) is 41.9 Å². The second-order valence-electron chi connectivity index (χ2n) is 6.78. The molecule has 2 fully saturated rings. The number of benzene rings is 1. The van der Waals surface area contributed by atoms with Crippen molar-refractivity contribution in [3.8, 4) is 0 Å². The maximum atomic E-state index is 9.55. The van der Waals surface area contributed by atoms with Crippen LogP contribution in [0, 0.1) is 5.41 Å². The van der Waals surface area contributed by atoms with E-state index >= 15 is 0 Å². The molecule has 0 aliphatic carbocycles. The molecule has 0 spiro atoms. The highest BCUT2D eigenvalue weighted by atomic mass is 35.5. The number of ether oxygens (including phenoxy) is 2. The summed E-state index contributed by atoms with van der Waals surface area (Å²) in [5, 5.41) is 10.3. The van der Waals surface area contributed by atoms with Crippen LogP contribution in [0.3, 0.4) is 0 Å². The van der Waals surface area contributed by atoms with E-state index in [2.05, 4.69) is 11.8 Å². The Morgan fingerprint density at radius 3 is 2.86 bits per heavy atom. The standard InChI is InChI=1S/C17H24ClNO3/c1-17(12-20)7-2-8-19(11-17)9-15-10-21-16(22-15)13-3-5-14(18)6-4-13/h3-6,15-16,20H,2,7-12H2,1H3/t15-,16+,17+/m1/s1. The maximum Gasteiger partial charge on any atom is 0.184 e. The van der Waals surface area contributed by atoms with Crippen LogP contribution >= 0.6 is 11.6 Å². The van der Waals surface area contributed by atoms with Crippen molar-refractivity contribution in [2.24, 2.45) is 5.41 Å². The van der Waals surface area contributed by atoms with Gasteiger partial charge in [-0.2, -0.15) is 0 Å². The molecule has 0 saturated carbocycles. The Hall–Kier alpha value is -0.650. The van der Waals surface area contributed by atoms with Crippen LogP contribution in [0.4, 0.5) is 0 Å². The van der Waals surface area contributed by atoms with Crippen molar-refractivity contribution in [1.29, 1.82) is 0 Å². The molecule has 0 bridgehead atoms. The molecule has 22 heavy (non-hydrogen) atoms. The molecule has 4 nitrogen and oxygen atoms in total. The molecular formula is C17H24ClNO3. The lowest BCUT2D eigenvalue weighted by Gasteiger charge is -2.40. The van der Waals surface area contributed by atoms with E-state index in [1.807, 2.05) is 24.3 Å². The Kier molecular flexibility index (Phi) is 5.05. The molecular weight excluding hydrogens is 302 g/mol. The van der Waals surface area contributed by atoms with E-state index in [1.54, 1.807) is 0 Å². The molecule has 2 aliphatic rings. The molecule has 122 valence electrons. The van der Waals surface area contributed by atoms with Gasteiger partial charge in [0.2, 0.25) is 0 Å². The second kappa shape index (κ2) is 6.85. The van der Waals surface area contributed by atoms with Gasteiger partial charge in [-0.25, -0.2) is 0 Å². The van der Waals surface area contributed by atoms with E-state index in [0.29, 0.717) is 6.61 Å². The summed E-state index contributed by atoms with van der Waals surface area (Å²) in [5.41, 5.74) is 1.03. The fourth-order valence-electron chi connectivity index (χ4n) is 3.34. The predicted octanol–water partition coefficient (Wildman–Crippen LogP) is 2.85. The van der Waals surface area contributed by atoms with Crippen LogP contribution in [0.1, 0.15) is 31.6 Å². The number of piperidine rings is 1. The van der Waals surface area contributed by atoms with E-state index < -0.39 is 0 Å². The Morgan fingerprint density at radius 1 is 1.36 bits per heavy atom. The second-order valence-corrected chi connectivity index (χ2v) is 7.22. The zero-order chi connectivity index (χ0) is 15.6. The lowest BCUT2D eigenvalue weighted by molar-refractivity contribution is -0.0681. The summed E-state index contributed by atoms with van der Waals surface area (Å²) < 4.78 is 11.8. The Bertz CT molecular complexity index is 495. The fourth-order valence-corrected chi connectivity index (χ4v) is 3.46. The zero-order valence-corrected chi connectivity index (χ0v) is 13.8. The van der Waals surface area contributed by atoms with Crippen molar-refractivity contribution in [2.45, 2.75) is 32.2 Å². The number of aliphatic hydroxyl groups is 1. The Labute approximate surface area is 137 Å². The lowest BCUT2D eigenvalue weighted by Crippen LogP contribution is -2.46. The average molecular weight is 326 g/mol. The number of aliphatic hydroxyl groups excluding tert-OH is 1. The number of likely N-dealkylation sites (tertiary alicyclic amines) is 1. The highest BCUT2D eigenvalue weighted by molar-refractivity contribution is 6.30. The number of hydrogen-bond acceptors (Lipinski definition) is 4. The lowest BCUT2D eigenvalue weighted by atomic mass is 9.83. The third-order valence-corrected chi connectivity index (χ3v) is 4.85. The summed E-state index contributed by atoms with van der Waals surface area (Å²) >= 11 is 5.91. The van der Waals surface area contributed by atoms with E-state index in [0.717, 1.165) is 43.1 Å². The van der Waals surface area contributed by atoms with Gasteiger partial charge in [-0.15, -0.1) is 0 Å². The predicted molar refractivity (Wildman–Crippen MR) is 85.9 cm³/mol. The molecule has 2 aliphatic heterocycles. The van der Waals surface area contributed by atoms with E-state index in [4.69, 9.17) is 21.1 Å². The van der Waals surface area contributed by atoms with Gasteiger partial charge in [0.15, 0.2) is 6.29 Å². The van der Waals surface area contributed by atoms with Crippen LogP contribution in [-0.2, 0) is 9.47 Å². The van der Waals surface area contributed by atoms with Crippen LogP contribution in [0.15, 0.2) is 24.3 Å². The highest BCUT2D eigenvalue weighted by Gasteiger charge is 2.34. The first-order chi connectivity index (χ1) is 10.6. The maximum absolute atomic E-state index is 9.55.